The molecule has 1 aromatic heterocycles. The number of hydrogen-bond donors (Lipinski definition) is 1. The van der Waals surface area contributed by atoms with Crippen molar-refractivity contribution in [3.05, 3.63) is 22.3 Å². The molecule has 4 heteroatoms. The van der Waals surface area contributed by atoms with Gasteiger partial charge in [-0.25, -0.2) is 4.98 Å². The predicted octanol–water partition coefficient (Wildman–Crippen LogP) is 2.60. The fraction of sp³-hybridized carbons (Fsp3) is 0.500. The number of aryl methyl sites for hydroxylation is 1. The highest BCUT2D eigenvalue weighted by Gasteiger charge is 1.98. The fourth-order valence-electron chi connectivity index (χ4n) is 1.11. The van der Waals surface area contributed by atoms with E-state index in [1.165, 1.54) is 0 Å². The second kappa shape index (κ2) is 5.98. The van der Waals surface area contributed by atoms with Crippen molar-refractivity contribution in [2.75, 3.05) is 25.1 Å². The Morgan fingerprint density at radius 3 is 3.00 bits per heavy atom. The molecule has 0 radical (unpaired) electrons. The number of hydrogen-bond acceptors (Lipinski definition) is 3. The third-order valence-electron chi connectivity index (χ3n) is 1.79. The normalized spacial score (nSPS) is 10.2. The lowest BCUT2D eigenvalue weighted by atomic mass is 10.3. The van der Waals surface area contributed by atoms with Crippen LogP contribution in [0.1, 0.15) is 12.5 Å². The van der Waals surface area contributed by atoms with E-state index in [0.29, 0.717) is 6.61 Å². The molecule has 3 nitrogen and oxygen atoms in total. The highest BCUT2D eigenvalue weighted by Crippen LogP contribution is 2.16. The summed E-state index contributed by atoms with van der Waals surface area (Å²) in [5.41, 5.74) is 1.14. The SMILES string of the molecule is CCOCCNc1ncc(Br)cc1C. The van der Waals surface area contributed by atoms with Gasteiger partial charge in [0.25, 0.3) is 0 Å². The molecule has 0 bridgehead atoms. The number of nitrogens with zero attached hydrogens (tertiary/aromatic N) is 1. The van der Waals surface area contributed by atoms with Gasteiger partial charge in [-0.05, 0) is 41.4 Å². The van der Waals surface area contributed by atoms with Crippen LogP contribution in [0.2, 0.25) is 0 Å². The smallest absolute Gasteiger partial charge is 0.128 e. The van der Waals surface area contributed by atoms with Gasteiger partial charge in [0.05, 0.1) is 6.61 Å². The maximum Gasteiger partial charge on any atom is 0.128 e. The van der Waals surface area contributed by atoms with Crippen LogP contribution in [0.5, 0.6) is 0 Å². The molecule has 14 heavy (non-hydrogen) atoms. The quantitative estimate of drug-likeness (QED) is 0.825. The van der Waals surface area contributed by atoms with Crippen molar-refractivity contribution in [1.29, 1.82) is 0 Å². The van der Waals surface area contributed by atoms with Crippen LogP contribution in [-0.2, 0) is 4.74 Å². The lowest BCUT2D eigenvalue weighted by Crippen LogP contribution is -2.11. The fourth-order valence-corrected chi connectivity index (χ4v) is 1.56. The topological polar surface area (TPSA) is 34.1 Å². The molecule has 0 saturated heterocycles. The minimum absolute atomic E-state index is 0.716. The first kappa shape index (κ1) is 11.5. The van der Waals surface area contributed by atoms with Gasteiger partial charge in [0, 0.05) is 23.8 Å². The molecular weight excluding hydrogens is 244 g/mol. The van der Waals surface area contributed by atoms with Gasteiger partial charge in [0.2, 0.25) is 0 Å². The van der Waals surface area contributed by atoms with Gasteiger partial charge in [0.15, 0.2) is 0 Å². The Hall–Kier alpha value is -0.610. The lowest BCUT2D eigenvalue weighted by molar-refractivity contribution is 0.158. The molecule has 0 aromatic carbocycles. The van der Waals surface area contributed by atoms with Gasteiger partial charge in [-0.2, -0.15) is 0 Å². The first-order valence-electron chi connectivity index (χ1n) is 4.67. The molecule has 0 aliphatic rings. The van der Waals surface area contributed by atoms with E-state index in [2.05, 4.69) is 26.2 Å². The molecule has 1 aromatic rings. The number of nitrogens with one attached hydrogen (secondary N) is 1. The van der Waals surface area contributed by atoms with Crippen molar-refractivity contribution in [1.82, 2.24) is 4.98 Å². The zero-order valence-electron chi connectivity index (χ0n) is 8.51. The number of aromatic nitrogens is 1. The third kappa shape index (κ3) is 3.64. The summed E-state index contributed by atoms with van der Waals surface area (Å²) in [7, 11) is 0. The third-order valence-corrected chi connectivity index (χ3v) is 2.22. The van der Waals surface area contributed by atoms with E-state index < -0.39 is 0 Å². The van der Waals surface area contributed by atoms with E-state index >= 15 is 0 Å². The van der Waals surface area contributed by atoms with Crippen molar-refractivity contribution < 1.29 is 4.74 Å². The van der Waals surface area contributed by atoms with Crippen molar-refractivity contribution in [3.63, 3.8) is 0 Å². The largest absolute Gasteiger partial charge is 0.380 e. The minimum Gasteiger partial charge on any atom is -0.380 e. The second-order valence-corrected chi connectivity index (χ2v) is 3.86. The number of rotatable bonds is 5. The Morgan fingerprint density at radius 2 is 2.36 bits per heavy atom. The lowest BCUT2D eigenvalue weighted by Gasteiger charge is -2.08. The van der Waals surface area contributed by atoms with Gasteiger partial charge >= 0.3 is 0 Å². The molecule has 0 spiro atoms. The Morgan fingerprint density at radius 1 is 1.57 bits per heavy atom. The summed E-state index contributed by atoms with van der Waals surface area (Å²) < 4.78 is 6.22. The first-order valence-corrected chi connectivity index (χ1v) is 5.47. The van der Waals surface area contributed by atoms with Crippen molar-refractivity contribution in [3.8, 4) is 0 Å². The summed E-state index contributed by atoms with van der Waals surface area (Å²) in [6.45, 7) is 6.29. The molecular formula is C10H15BrN2O. The Balaban J connectivity index is 2.42. The molecule has 78 valence electrons. The highest BCUT2D eigenvalue weighted by molar-refractivity contribution is 9.10. The Labute approximate surface area is 93.0 Å². The predicted molar refractivity (Wildman–Crippen MR) is 61.7 cm³/mol. The van der Waals surface area contributed by atoms with Crippen molar-refractivity contribution in [2.24, 2.45) is 0 Å². The summed E-state index contributed by atoms with van der Waals surface area (Å²) in [6, 6.07) is 2.04. The first-order chi connectivity index (χ1) is 6.74. The second-order valence-electron chi connectivity index (χ2n) is 2.94. The maximum absolute atomic E-state index is 5.22. The van der Waals surface area contributed by atoms with Crippen LogP contribution in [-0.4, -0.2) is 24.7 Å². The monoisotopic (exact) mass is 258 g/mol. The van der Waals surface area contributed by atoms with E-state index in [1.807, 2.05) is 19.9 Å². The maximum atomic E-state index is 5.22. The van der Waals surface area contributed by atoms with E-state index in [1.54, 1.807) is 6.20 Å². The molecule has 1 rings (SSSR count). The van der Waals surface area contributed by atoms with Crippen LogP contribution < -0.4 is 5.32 Å². The van der Waals surface area contributed by atoms with Gasteiger partial charge in [-0.15, -0.1) is 0 Å². The molecule has 1 heterocycles. The summed E-state index contributed by atoms with van der Waals surface area (Å²) in [5.74, 6) is 0.924. The summed E-state index contributed by atoms with van der Waals surface area (Å²) in [5, 5.41) is 3.22. The standard InChI is InChI=1S/C10H15BrN2O/c1-3-14-5-4-12-10-8(2)6-9(11)7-13-10/h6-7H,3-5H2,1-2H3,(H,12,13). The van der Waals surface area contributed by atoms with E-state index in [4.69, 9.17) is 4.74 Å². The number of anilines is 1. The van der Waals surface area contributed by atoms with Gasteiger partial charge < -0.3 is 10.1 Å². The molecule has 0 aliphatic heterocycles. The van der Waals surface area contributed by atoms with E-state index in [0.717, 1.165) is 29.0 Å². The van der Waals surface area contributed by atoms with Crippen LogP contribution >= 0.6 is 15.9 Å². The average molecular weight is 259 g/mol. The van der Waals surface area contributed by atoms with Crippen LogP contribution in [0.15, 0.2) is 16.7 Å². The number of halogens is 1. The van der Waals surface area contributed by atoms with Crippen molar-refractivity contribution in [2.45, 2.75) is 13.8 Å². The summed E-state index contributed by atoms with van der Waals surface area (Å²) in [4.78, 5) is 4.26. The molecule has 0 amide bonds. The molecule has 0 aliphatic carbocycles. The van der Waals surface area contributed by atoms with E-state index in [9.17, 15) is 0 Å². The zero-order chi connectivity index (χ0) is 10.4. The minimum atomic E-state index is 0.716. The highest BCUT2D eigenvalue weighted by atomic mass is 79.9. The zero-order valence-corrected chi connectivity index (χ0v) is 10.1. The summed E-state index contributed by atoms with van der Waals surface area (Å²) in [6.07, 6.45) is 1.79. The van der Waals surface area contributed by atoms with Gasteiger partial charge in [-0.1, -0.05) is 0 Å². The van der Waals surface area contributed by atoms with Gasteiger partial charge in [0.1, 0.15) is 5.82 Å². The Kier molecular flexibility index (Phi) is 4.90. The Bertz CT molecular complexity index is 291. The number of pyridine rings is 1. The van der Waals surface area contributed by atoms with Crippen LogP contribution in [0.25, 0.3) is 0 Å². The molecule has 0 atom stereocenters. The molecule has 0 saturated carbocycles. The molecule has 0 unspecified atom stereocenters. The van der Waals surface area contributed by atoms with Crippen LogP contribution in [0.3, 0.4) is 0 Å². The number of ether oxygens (including phenoxy) is 1. The van der Waals surface area contributed by atoms with Crippen LogP contribution in [0.4, 0.5) is 5.82 Å². The molecule has 1 N–H and O–H groups in total. The van der Waals surface area contributed by atoms with Gasteiger partial charge in [-0.3, -0.25) is 0 Å². The van der Waals surface area contributed by atoms with E-state index in [-0.39, 0.29) is 0 Å². The summed E-state index contributed by atoms with van der Waals surface area (Å²) >= 11 is 3.37. The average Bonchev–Trinajstić information content (AvgIpc) is 2.15. The molecule has 0 fully saturated rings. The van der Waals surface area contributed by atoms with Crippen LogP contribution in [0, 0.1) is 6.92 Å². The van der Waals surface area contributed by atoms with Crippen molar-refractivity contribution >= 4 is 21.7 Å².